The van der Waals surface area contributed by atoms with E-state index in [2.05, 4.69) is 41.2 Å². The molecule has 3 nitrogen and oxygen atoms in total. The van der Waals surface area contributed by atoms with Crippen molar-refractivity contribution in [1.82, 2.24) is 5.32 Å². The predicted octanol–water partition coefficient (Wildman–Crippen LogP) is 2.93. The molecule has 0 aromatic heterocycles. The molecule has 0 spiro atoms. The molecule has 0 amide bonds. The van der Waals surface area contributed by atoms with Gasteiger partial charge in [0, 0.05) is 29.1 Å². The zero-order valence-corrected chi connectivity index (χ0v) is 12.4. The average molecular weight is 302 g/mol. The second-order valence-electron chi connectivity index (χ2n) is 4.59. The Morgan fingerprint density at radius 2 is 2.00 bits per heavy atom. The van der Waals surface area contributed by atoms with Crippen LogP contribution in [-0.2, 0) is 10.2 Å². The van der Waals surface area contributed by atoms with Crippen molar-refractivity contribution in [2.24, 2.45) is 0 Å². The van der Waals surface area contributed by atoms with Gasteiger partial charge >= 0.3 is 0 Å². The largest absolute Gasteiger partial charge is 0.496 e. The molecule has 0 atom stereocenters. The van der Waals surface area contributed by atoms with Crippen LogP contribution >= 0.6 is 15.9 Å². The third-order valence-corrected chi connectivity index (χ3v) is 3.20. The Bertz CT molecular complexity index is 366. The van der Waals surface area contributed by atoms with Gasteiger partial charge in [0.15, 0.2) is 0 Å². The molecule has 96 valence electrons. The van der Waals surface area contributed by atoms with E-state index in [9.17, 15) is 0 Å². The van der Waals surface area contributed by atoms with Gasteiger partial charge < -0.3 is 9.47 Å². The lowest BCUT2D eigenvalue weighted by atomic mass is 9.84. The van der Waals surface area contributed by atoms with E-state index in [0.717, 1.165) is 16.8 Å². The molecule has 1 N–H and O–H groups in total. The van der Waals surface area contributed by atoms with Crippen LogP contribution in [-0.4, -0.2) is 27.5 Å². The maximum Gasteiger partial charge on any atom is 0.122 e. The maximum atomic E-state index is 5.41. The molecule has 0 heterocycles. The highest BCUT2D eigenvalue weighted by Gasteiger charge is 2.24. The molecule has 0 fully saturated rings. The summed E-state index contributed by atoms with van der Waals surface area (Å²) in [4.78, 5) is 0. The zero-order chi connectivity index (χ0) is 12.9. The Morgan fingerprint density at radius 1 is 1.29 bits per heavy atom. The van der Waals surface area contributed by atoms with Crippen molar-refractivity contribution in [1.29, 1.82) is 0 Å². The van der Waals surface area contributed by atoms with E-state index in [4.69, 9.17) is 9.47 Å². The minimum Gasteiger partial charge on any atom is -0.496 e. The summed E-state index contributed by atoms with van der Waals surface area (Å²) in [5, 5.41) is 3.25. The highest BCUT2D eigenvalue weighted by molar-refractivity contribution is 9.10. The lowest BCUT2D eigenvalue weighted by Crippen LogP contribution is -2.34. The Labute approximate surface area is 112 Å². The van der Waals surface area contributed by atoms with Gasteiger partial charge in [-0.05, 0) is 18.2 Å². The van der Waals surface area contributed by atoms with Gasteiger partial charge in [-0.2, -0.15) is 0 Å². The highest BCUT2D eigenvalue weighted by Crippen LogP contribution is 2.33. The fraction of sp³-hybridized carbons (Fsp3) is 0.538. The van der Waals surface area contributed by atoms with E-state index in [1.165, 1.54) is 5.56 Å². The molecule has 1 aromatic carbocycles. The van der Waals surface area contributed by atoms with Crippen molar-refractivity contribution >= 4 is 15.9 Å². The molecule has 0 aliphatic heterocycles. The summed E-state index contributed by atoms with van der Waals surface area (Å²) < 4.78 is 11.5. The molecule has 1 aromatic rings. The minimum absolute atomic E-state index is 0.0202. The highest BCUT2D eigenvalue weighted by atomic mass is 79.9. The van der Waals surface area contributed by atoms with Crippen LogP contribution in [0, 0.1) is 0 Å². The van der Waals surface area contributed by atoms with Gasteiger partial charge in [0.05, 0.1) is 13.8 Å². The van der Waals surface area contributed by atoms with Gasteiger partial charge in [-0.3, -0.25) is 5.32 Å². The summed E-state index contributed by atoms with van der Waals surface area (Å²) >= 11 is 3.50. The molecule has 0 unspecified atom stereocenters. The van der Waals surface area contributed by atoms with E-state index in [-0.39, 0.29) is 5.41 Å². The summed E-state index contributed by atoms with van der Waals surface area (Å²) in [6.45, 7) is 5.74. The molecule has 0 saturated carbocycles. The van der Waals surface area contributed by atoms with E-state index < -0.39 is 0 Å². The smallest absolute Gasteiger partial charge is 0.122 e. The van der Waals surface area contributed by atoms with Crippen molar-refractivity contribution in [2.75, 3.05) is 27.5 Å². The first-order chi connectivity index (χ1) is 8.01. The van der Waals surface area contributed by atoms with Crippen molar-refractivity contribution in [3.05, 3.63) is 28.2 Å². The lowest BCUT2D eigenvalue weighted by molar-refractivity contribution is 0.169. The Balaban J connectivity index is 2.91. The fourth-order valence-electron chi connectivity index (χ4n) is 1.77. The maximum absolute atomic E-state index is 5.41. The summed E-state index contributed by atoms with van der Waals surface area (Å²) in [5.41, 5.74) is 1.16. The van der Waals surface area contributed by atoms with Crippen molar-refractivity contribution in [3.63, 3.8) is 0 Å². The van der Waals surface area contributed by atoms with Crippen LogP contribution in [0.25, 0.3) is 0 Å². The number of ether oxygens (including phenoxy) is 2. The first-order valence-corrected chi connectivity index (χ1v) is 6.34. The van der Waals surface area contributed by atoms with Crippen molar-refractivity contribution < 1.29 is 9.47 Å². The normalized spacial score (nSPS) is 11.6. The van der Waals surface area contributed by atoms with E-state index >= 15 is 0 Å². The number of methoxy groups -OCH3 is 2. The molecule has 0 saturated heterocycles. The van der Waals surface area contributed by atoms with Gasteiger partial charge in [-0.15, -0.1) is 0 Å². The van der Waals surface area contributed by atoms with Gasteiger partial charge in [0.25, 0.3) is 0 Å². The summed E-state index contributed by atoms with van der Waals surface area (Å²) in [5.74, 6) is 0.914. The second-order valence-corrected chi connectivity index (χ2v) is 5.50. The van der Waals surface area contributed by atoms with Gasteiger partial charge in [-0.1, -0.05) is 29.8 Å². The van der Waals surface area contributed by atoms with Crippen LogP contribution in [0.5, 0.6) is 5.75 Å². The molecule has 4 heteroatoms. The first kappa shape index (κ1) is 14.5. The standard InChI is InChI=1S/C13H20BrNO2/c1-13(2,8-15-9-16-3)11-7-10(14)5-6-12(11)17-4/h5-7,15H,8-9H2,1-4H3. The SMILES string of the molecule is COCNCC(C)(C)c1cc(Br)ccc1OC. The molecule has 0 bridgehead atoms. The third kappa shape index (κ3) is 3.98. The number of rotatable bonds is 6. The van der Waals surface area contributed by atoms with Gasteiger partial charge in [0.1, 0.15) is 5.75 Å². The van der Waals surface area contributed by atoms with E-state index in [1.807, 2.05) is 12.1 Å². The van der Waals surface area contributed by atoms with Crippen LogP contribution in [0.4, 0.5) is 0 Å². The predicted molar refractivity (Wildman–Crippen MR) is 73.6 cm³/mol. The van der Waals surface area contributed by atoms with Crippen LogP contribution < -0.4 is 10.1 Å². The average Bonchev–Trinajstić information content (AvgIpc) is 2.29. The van der Waals surface area contributed by atoms with Gasteiger partial charge in [-0.25, -0.2) is 0 Å². The lowest BCUT2D eigenvalue weighted by Gasteiger charge is -2.27. The molecular weight excluding hydrogens is 282 g/mol. The molecule has 0 aliphatic carbocycles. The second kappa shape index (κ2) is 6.38. The van der Waals surface area contributed by atoms with E-state index in [1.54, 1.807) is 14.2 Å². The summed E-state index contributed by atoms with van der Waals surface area (Å²) in [6.07, 6.45) is 0. The van der Waals surface area contributed by atoms with Crippen molar-refractivity contribution in [2.45, 2.75) is 19.3 Å². The van der Waals surface area contributed by atoms with Crippen LogP contribution in [0.1, 0.15) is 19.4 Å². The molecule has 0 radical (unpaired) electrons. The Hall–Kier alpha value is -0.580. The van der Waals surface area contributed by atoms with Crippen molar-refractivity contribution in [3.8, 4) is 5.75 Å². The molecular formula is C13H20BrNO2. The zero-order valence-electron chi connectivity index (χ0n) is 10.8. The van der Waals surface area contributed by atoms with Crippen LogP contribution in [0.2, 0.25) is 0 Å². The molecule has 1 rings (SSSR count). The van der Waals surface area contributed by atoms with Crippen LogP contribution in [0.15, 0.2) is 22.7 Å². The quantitative estimate of drug-likeness (QED) is 0.647. The number of halogens is 1. The Kier molecular flexibility index (Phi) is 5.43. The minimum atomic E-state index is -0.0202. The Morgan fingerprint density at radius 3 is 2.59 bits per heavy atom. The monoisotopic (exact) mass is 301 g/mol. The third-order valence-electron chi connectivity index (χ3n) is 2.70. The number of benzene rings is 1. The summed E-state index contributed by atoms with van der Waals surface area (Å²) in [6, 6.07) is 6.08. The number of nitrogens with one attached hydrogen (secondary N) is 1. The van der Waals surface area contributed by atoms with Gasteiger partial charge in [0.2, 0.25) is 0 Å². The number of hydrogen-bond donors (Lipinski definition) is 1. The molecule has 17 heavy (non-hydrogen) atoms. The first-order valence-electron chi connectivity index (χ1n) is 5.55. The topological polar surface area (TPSA) is 30.5 Å². The summed E-state index contributed by atoms with van der Waals surface area (Å²) in [7, 11) is 3.38. The van der Waals surface area contributed by atoms with E-state index in [0.29, 0.717) is 6.73 Å². The number of hydrogen-bond acceptors (Lipinski definition) is 3. The van der Waals surface area contributed by atoms with Crippen LogP contribution in [0.3, 0.4) is 0 Å². The fourth-order valence-corrected chi connectivity index (χ4v) is 2.13. The molecule has 0 aliphatic rings.